The molecular formula is C11H10F2N2O5S. The summed E-state index contributed by atoms with van der Waals surface area (Å²) in [6.45, 7) is -0.156. The maximum Gasteiger partial charge on any atom is 0.302 e. The molecule has 0 spiro atoms. The maximum absolute atomic E-state index is 13.8. The van der Waals surface area contributed by atoms with E-state index < -0.39 is 44.2 Å². The maximum atomic E-state index is 13.8. The number of non-ortho nitro benzene ring substituents is 1. The Morgan fingerprint density at radius 2 is 2.10 bits per heavy atom. The van der Waals surface area contributed by atoms with Crippen LogP contribution in [-0.4, -0.2) is 31.5 Å². The van der Waals surface area contributed by atoms with E-state index in [4.69, 9.17) is 0 Å². The molecule has 21 heavy (non-hydrogen) atoms. The minimum atomic E-state index is -4.73. The lowest BCUT2D eigenvalue weighted by Gasteiger charge is -2.17. The normalized spacial score (nSPS) is 19.0. The lowest BCUT2D eigenvalue weighted by atomic mass is 10.1. The molecule has 1 aliphatic heterocycles. The fourth-order valence-electron chi connectivity index (χ4n) is 2.24. The second-order valence-corrected chi connectivity index (χ2v) is 6.08. The van der Waals surface area contributed by atoms with Crippen LogP contribution in [0.1, 0.15) is 6.42 Å². The minimum Gasteiger partial charge on any atom is -0.309 e. The van der Waals surface area contributed by atoms with E-state index in [9.17, 15) is 31.6 Å². The number of anilines is 1. The van der Waals surface area contributed by atoms with Crippen LogP contribution in [0.15, 0.2) is 18.2 Å². The van der Waals surface area contributed by atoms with E-state index in [1.54, 1.807) is 0 Å². The molecule has 114 valence electrons. The van der Waals surface area contributed by atoms with Gasteiger partial charge in [-0.2, -0.15) is 8.42 Å². The Balaban J connectivity index is 2.23. The highest BCUT2D eigenvalue weighted by Gasteiger charge is 2.35. The molecule has 10 heteroatoms. The summed E-state index contributed by atoms with van der Waals surface area (Å²) in [6, 6.07) is 2.77. The summed E-state index contributed by atoms with van der Waals surface area (Å²) in [5.74, 6) is -3.12. The topological polar surface area (TPSA) is 97.6 Å². The highest BCUT2D eigenvalue weighted by atomic mass is 32.3. The first kappa shape index (κ1) is 15.3. The summed E-state index contributed by atoms with van der Waals surface area (Å²) in [5.41, 5.74) is -0.657. The Labute approximate surface area is 118 Å². The van der Waals surface area contributed by atoms with Gasteiger partial charge in [-0.15, -0.1) is 3.89 Å². The molecule has 1 atom stereocenters. The molecule has 0 saturated carbocycles. The third kappa shape index (κ3) is 3.51. The highest BCUT2D eigenvalue weighted by Crippen LogP contribution is 2.30. The van der Waals surface area contributed by atoms with E-state index in [0.29, 0.717) is 6.07 Å². The number of amides is 1. The second-order valence-electron chi connectivity index (χ2n) is 4.67. The predicted molar refractivity (Wildman–Crippen MR) is 68.4 cm³/mol. The molecule has 2 rings (SSSR count). The first-order valence-corrected chi connectivity index (χ1v) is 7.39. The van der Waals surface area contributed by atoms with Gasteiger partial charge < -0.3 is 4.90 Å². The van der Waals surface area contributed by atoms with Crippen molar-refractivity contribution in [3.8, 4) is 0 Å². The van der Waals surface area contributed by atoms with E-state index >= 15 is 0 Å². The number of rotatable bonds is 4. The third-order valence-corrected chi connectivity index (χ3v) is 3.94. The third-order valence-electron chi connectivity index (χ3n) is 3.07. The number of nitro benzene ring substituents is 1. The molecular weight excluding hydrogens is 310 g/mol. The fourth-order valence-corrected chi connectivity index (χ4v) is 3.02. The predicted octanol–water partition coefficient (Wildman–Crippen LogP) is 1.39. The quantitative estimate of drug-likeness (QED) is 0.474. The Kier molecular flexibility index (Phi) is 3.90. The van der Waals surface area contributed by atoms with Gasteiger partial charge in [-0.25, -0.2) is 4.39 Å². The van der Waals surface area contributed by atoms with Crippen LogP contribution in [0.25, 0.3) is 0 Å². The van der Waals surface area contributed by atoms with Crippen molar-refractivity contribution in [1.29, 1.82) is 0 Å². The van der Waals surface area contributed by atoms with Crippen LogP contribution in [0.4, 0.5) is 19.7 Å². The van der Waals surface area contributed by atoms with Gasteiger partial charge in [0.25, 0.3) is 5.69 Å². The fraction of sp³-hybridized carbons (Fsp3) is 0.364. The minimum absolute atomic E-state index is 0.156. The zero-order valence-corrected chi connectivity index (χ0v) is 11.3. The number of nitrogens with zero attached hydrogens (tertiary/aromatic N) is 2. The van der Waals surface area contributed by atoms with Gasteiger partial charge in [0, 0.05) is 24.9 Å². The number of carbonyl (C=O) groups excluding carboxylic acids is 1. The Morgan fingerprint density at radius 1 is 1.43 bits per heavy atom. The van der Waals surface area contributed by atoms with Crippen LogP contribution >= 0.6 is 0 Å². The van der Waals surface area contributed by atoms with Crippen molar-refractivity contribution in [3.05, 3.63) is 34.1 Å². The number of halogens is 2. The van der Waals surface area contributed by atoms with Crippen LogP contribution in [-0.2, 0) is 15.0 Å². The van der Waals surface area contributed by atoms with Crippen molar-refractivity contribution in [2.45, 2.75) is 6.42 Å². The van der Waals surface area contributed by atoms with Gasteiger partial charge in [-0.05, 0) is 6.07 Å². The molecule has 1 fully saturated rings. The van der Waals surface area contributed by atoms with Crippen LogP contribution in [0.5, 0.6) is 0 Å². The molecule has 1 unspecified atom stereocenters. The first-order chi connectivity index (χ1) is 9.67. The van der Waals surface area contributed by atoms with E-state index in [0.717, 1.165) is 17.0 Å². The lowest BCUT2D eigenvalue weighted by molar-refractivity contribution is -0.385. The van der Waals surface area contributed by atoms with E-state index in [2.05, 4.69) is 0 Å². The van der Waals surface area contributed by atoms with Crippen molar-refractivity contribution in [3.63, 3.8) is 0 Å². The van der Waals surface area contributed by atoms with Crippen LogP contribution in [0, 0.1) is 21.8 Å². The molecule has 1 saturated heterocycles. The summed E-state index contributed by atoms with van der Waals surface area (Å²) < 4.78 is 47.6. The molecule has 1 heterocycles. The average molecular weight is 320 g/mol. The van der Waals surface area contributed by atoms with Gasteiger partial charge in [-0.1, -0.05) is 0 Å². The number of nitro groups is 1. The highest BCUT2D eigenvalue weighted by molar-refractivity contribution is 7.86. The van der Waals surface area contributed by atoms with E-state index in [-0.39, 0.29) is 18.7 Å². The van der Waals surface area contributed by atoms with E-state index in [1.807, 2.05) is 0 Å². The van der Waals surface area contributed by atoms with Gasteiger partial charge in [0.05, 0.1) is 22.4 Å². The van der Waals surface area contributed by atoms with Crippen molar-refractivity contribution < 1.29 is 26.4 Å². The van der Waals surface area contributed by atoms with Crippen LogP contribution in [0.3, 0.4) is 0 Å². The standard InChI is InChI=1S/C11H10F2N2O5S/c12-9-4-8(15(17)18)1-2-10(9)14-5-7(3-11(14)16)6-21(13,19)20/h1-2,4,7H,3,5-6H2. The number of benzene rings is 1. The van der Waals surface area contributed by atoms with Gasteiger partial charge in [0.15, 0.2) is 5.82 Å². The molecule has 0 N–H and O–H groups in total. The largest absolute Gasteiger partial charge is 0.309 e. The average Bonchev–Trinajstić information content (AvgIpc) is 2.67. The summed E-state index contributed by atoms with van der Waals surface area (Å²) >= 11 is 0. The summed E-state index contributed by atoms with van der Waals surface area (Å²) in [7, 11) is -4.73. The molecule has 0 aliphatic carbocycles. The zero-order valence-electron chi connectivity index (χ0n) is 10.5. The van der Waals surface area contributed by atoms with Gasteiger partial charge in [0.1, 0.15) is 0 Å². The Bertz CT molecular complexity index is 707. The molecule has 1 aromatic carbocycles. The van der Waals surface area contributed by atoms with Crippen LogP contribution in [0.2, 0.25) is 0 Å². The SMILES string of the molecule is O=C1CC(CS(=O)(=O)F)CN1c1ccc([N+](=O)[O-])cc1F. The first-order valence-electron chi connectivity index (χ1n) is 5.84. The lowest BCUT2D eigenvalue weighted by Crippen LogP contribution is -2.26. The molecule has 0 radical (unpaired) electrons. The Morgan fingerprint density at radius 3 is 2.62 bits per heavy atom. The summed E-state index contributed by atoms with van der Waals surface area (Å²) in [5, 5.41) is 10.5. The number of carbonyl (C=O) groups is 1. The van der Waals surface area contributed by atoms with Crippen molar-refractivity contribution >= 4 is 27.5 Å². The van der Waals surface area contributed by atoms with Crippen molar-refractivity contribution in [1.82, 2.24) is 0 Å². The smallest absolute Gasteiger partial charge is 0.302 e. The van der Waals surface area contributed by atoms with Crippen LogP contribution < -0.4 is 4.90 Å². The van der Waals surface area contributed by atoms with Gasteiger partial charge in [0.2, 0.25) is 5.91 Å². The number of hydrogen-bond donors (Lipinski definition) is 0. The molecule has 7 nitrogen and oxygen atoms in total. The monoisotopic (exact) mass is 320 g/mol. The van der Waals surface area contributed by atoms with E-state index in [1.165, 1.54) is 0 Å². The second kappa shape index (κ2) is 5.35. The number of hydrogen-bond acceptors (Lipinski definition) is 5. The van der Waals surface area contributed by atoms with Crippen molar-refractivity contribution in [2.24, 2.45) is 5.92 Å². The molecule has 0 aromatic heterocycles. The molecule has 1 aliphatic rings. The summed E-state index contributed by atoms with van der Waals surface area (Å²) in [4.78, 5) is 22.4. The summed E-state index contributed by atoms with van der Waals surface area (Å²) in [6.07, 6.45) is -0.223. The van der Waals surface area contributed by atoms with Gasteiger partial charge in [-0.3, -0.25) is 14.9 Å². The zero-order chi connectivity index (χ0) is 15.8. The molecule has 1 aromatic rings. The van der Waals surface area contributed by atoms with Gasteiger partial charge >= 0.3 is 10.2 Å². The molecule has 0 bridgehead atoms. The Hall–Kier alpha value is -2.10. The van der Waals surface area contributed by atoms with Crippen molar-refractivity contribution in [2.75, 3.05) is 17.2 Å². The molecule has 1 amide bonds.